The van der Waals surface area contributed by atoms with Crippen molar-refractivity contribution in [2.24, 2.45) is 11.7 Å². The molecule has 2 unspecified atom stereocenters. The molecule has 2 fully saturated rings. The van der Waals surface area contributed by atoms with Gasteiger partial charge in [-0.3, -0.25) is 14.5 Å². The van der Waals surface area contributed by atoms with Crippen LogP contribution in [0.3, 0.4) is 0 Å². The summed E-state index contributed by atoms with van der Waals surface area (Å²) in [5.41, 5.74) is 5.02. The molecule has 1 saturated carbocycles. The molecule has 1 heterocycles. The Morgan fingerprint density at radius 1 is 1.26 bits per heavy atom. The summed E-state index contributed by atoms with van der Waals surface area (Å²) >= 11 is 0. The topological polar surface area (TPSA) is 134 Å². The predicted octanol–water partition coefficient (Wildman–Crippen LogP) is 1.62. The number of hydrogen-bond acceptors (Lipinski definition) is 4. The Hall–Kier alpha value is -3.10. The Bertz CT molecular complexity index is 796. The maximum absolute atomic E-state index is 12.9. The van der Waals surface area contributed by atoms with Gasteiger partial charge in [0.25, 0.3) is 5.91 Å². The van der Waals surface area contributed by atoms with E-state index in [0.717, 1.165) is 24.2 Å². The fourth-order valence-electron chi connectivity index (χ4n) is 3.80. The number of anilines is 2. The van der Waals surface area contributed by atoms with Crippen LogP contribution in [0.25, 0.3) is 0 Å². The number of benzene rings is 1. The Morgan fingerprint density at radius 3 is 2.63 bits per heavy atom. The number of imide groups is 1. The number of rotatable bonds is 4. The molecular formula is C18H23N5O4. The van der Waals surface area contributed by atoms with E-state index in [4.69, 9.17) is 5.73 Å². The van der Waals surface area contributed by atoms with Gasteiger partial charge in [0.1, 0.15) is 12.1 Å². The van der Waals surface area contributed by atoms with Crippen molar-refractivity contribution >= 4 is 35.3 Å². The molecule has 5 N–H and O–H groups in total. The molecule has 1 saturated heterocycles. The lowest BCUT2D eigenvalue weighted by Gasteiger charge is -2.36. The zero-order valence-corrected chi connectivity index (χ0v) is 15.1. The van der Waals surface area contributed by atoms with Crippen molar-refractivity contribution in [2.45, 2.75) is 38.1 Å². The molecule has 9 nitrogen and oxygen atoms in total. The molecule has 2 atom stereocenters. The van der Waals surface area contributed by atoms with Crippen molar-refractivity contribution in [3.8, 4) is 0 Å². The summed E-state index contributed by atoms with van der Waals surface area (Å²) in [6, 6.07) is 5.15. The van der Waals surface area contributed by atoms with Crippen LogP contribution in [0.15, 0.2) is 24.3 Å². The highest BCUT2D eigenvalue weighted by atomic mass is 16.2. The Morgan fingerprint density at radius 2 is 1.96 bits per heavy atom. The summed E-state index contributed by atoms with van der Waals surface area (Å²) in [5.74, 6) is -0.804. The van der Waals surface area contributed by atoms with E-state index in [1.54, 1.807) is 18.2 Å². The Balaban J connectivity index is 1.67. The van der Waals surface area contributed by atoms with Crippen LogP contribution in [0.5, 0.6) is 0 Å². The molecule has 0 aromatic heterocycles. The van der Waals surface area contributed by atoms with Crippen molar-refractivity contribution in [1.29, 1.82) is 0 Å². The lowest BCUT2D eigenvalue weighted by molar-refractivity contribution is -0.136. The number of carbonyl (C=O) groups excluding carboxylic acids is 4. The molecule has 3 rings (SSSR count). The fourth-order valence-corrected chi connectivity index (χ4v) is 3.80. The van der Waals surface area contributed by atoms with Crippen molar-refractivity contribution < 1.29 is 19.2 Å². The number of nitrogens with two attached hydrogens (primary N) is 1. The van der Waals surface area contributed by atoms with Gasteiger partial charge in [-0.05, 0) is 37.0 Å². The first-order chi connectivity index (χ1) is 12.8. The summed E-state index contributed by atoms with van der Waals surface area (Å²) in [6.07, 6.45) is 3.36. The molecule has 1 spiro atoms. The van der Waals surface area contributed by atoms with E-state index in [-0.39, 0.29) is 18.4 Å². The third-order valence-electron chi connectivity index (χ3n) is 5.22. The highest BCUT2D eigenvalue weighted by molar-refractivity contribution is 6.10. The van der Waals surface area contributed by atoms with Crippen molar-refractivity contribution in [3.05, 3.63) is 24.3 Å². The number of urea groups is 2. The smallest absolute Gasteiger partial charge is 0.325 e. The minimum atomic E-state index is -0.888. The Kier molecular flexibility index (Phi) is 5.02. The second kappa shape index (κ2) is 7.26. The first kappa shape index (κ1) is 18.7. The molecule has 0 bridgehead atoms. The summed E-state index contributed by atoms with van der Waals surface area (Å²) in [6.45, 7) is 1.59. The van der Waals surface area contributed by atoms with E-state index in [1.165, 1.54) is 6.07 Å². The largest absolute Gasteiger partial charge is 0.351 e. The van der Waals surface area contributed by atoms with Gasteiger partial charge in [0, 0.05) is 11.4 Å². The number of amides is 6. The van der Waals surface area contributed by atoms with Crippen LogP contribution >= 0.6 is 0 Å². The lowest BCUT2D eigenvalue weighted by atomic mass is 9.73. The first-order valence-corrected chi connectivity index (χ1v) is 8.92. The van der Waals surface area contributed by atoms with Gasteiger partial charge in [-0.2, -0.15) is 0 Å². The lowest BCUT2D eigenvalue weighted by Crippen LogP contribution is -2.54. The molecule has 144 valence electrons. The van der Waals surface area contributed by atoms with Gasteiger partial charge in [0.05, 0.1) is 0 Å². The average Bonchev–Trinajstić information content (AvgIpc) is 2.82. The van der Waals surface area contributed by atoms with Gasteiger partial charge in [-0.15, -0.1) is 0 Å². The quantitative estimate of drug-likeness (QED) is 0.597. The highest BCUT2D eigenvalue weighted by Gasteiger charge is 2.55. The molecule has 1 aliphatic heterocycles. The van der Waals surface area contributed by atoms with Gasteiger partial charge in [0.15, 0.2) is 0 Å². The van der Waals surface area contributed by atoms with E-state index in [1.807, 2.05) is 6.92 Å². The van der Waals surface area contributed by atoms with Gasteiger partial charge in [-0.25, -0.2) is 9.59 Å². The Labute approximate surface area is 156 Å². The van der Waals surface area contributed by atoms with Crippen LogP contribution in [0.1, 0.15) is 32.6 Å². The SMILES string of the molecule is CC1CCCCC12NC(=O)N(CC(=O)Nc1cccc(NC(N)=O)c1)C2=O. The molecule has 1 aromatic rings. The number of nitrogens with zero attached hydrogens (tertiary/aromatic N) is 1. The molecule has 0 radical (unpaired) electrons. The van der Waals surface area contributed by atoms with E-state index >= 15 is 0 Å². The molecule has 1 aromatic carbocycles. The highest BCUT2D eigenvalue weighted by Crippen LogP contribution is 2.38. The third-order valence-corrected chi connectivity index (χ3v) is 5.22. The zero-order valence-electron chi connectivity index (χ0n) is 15.1. The van der Waals surface area contributed by atoms with E-state index in [2.05, 4.69) is 16.0 Å². The normalized spacial score (nSPS) is 24.6. The molecular weight excluding hydrogens is 350 g/mol. The standard InChI is InChI=1S/C18H23N5O4/c1-11-5-2-3-8-18(11)15(25)23(17(27)22-18)10-14(24)20-12-6-4-7-13(9-12)21-16(19)26/h4,6-7,9,11H,2-3,5,8,10H2,1H3,(H,20,24)(H,22,27)(H3,19,21,26). The summed E-state index contributed by atoms with van der Waals surface area (Å²) in [7, 11) is 0. The zero-order chi connectivity index (χ0) is 19.6. The maximum Gasteiger partial charge on any atom is 0.325 e. The summed E-state index contributed by atoms with van der Waals surface area (Å²) in [4.78, 5) is 49.4. The minimum absolute atomic E-state index is 0.0346. The minimum Gasteiger partial charge on any atom is -0.351 e. The van der Waals surface area contributed by atoms with Crippen LogP contribution < -0.4 is 21.7 Å². The molecule has 6 amide bonds. The first-order valence-electron chi connectivity index (χ1n) is 8.92. The number of carbonyl (C=O) groups is 4. The van der Waals surface area contributed by atoms with E-state index in [9.17, 15) is 19.2 Å². The molecule has 2 aliphatic rings. The van der Waals surface area contributed by atoms with Crippen LogP contribution in [0.4, 0.5) is 21.0 Å². The van der Waals surface area contributed by atoms with Crippen molar-refractivity contribution in [3.63, 3.8) is 0 Å². The van der Waals surface area contributed by atoms with Crippen LogP contribution in [-0.4, -0.2) is 40.9 Å². The van der Waals surface area contributed by atoms with E-state index < -0.39 is 23.5 Å². The molecule has 9 heteroatoms. The van der Waals surface area contributed by atoms with E-state index in [0.29, 0.717) is 17.8 Å². The van der Waals surface area contributed by atoms with Gasteiger partial charge in [-0.1, -0.05) is 25.8 Å². The molecule has 1 aliphatic carbocycles. The average molecular weight is 373 g/mol. The molecule has 27 heavy (non-hydrogen) atoms. The van der Waals surface area contributed by atoms with Crippen LogP contribution in [0, 0.1) is 5.92 Å². The number of hydrogen-bond donors (Lipinski definition) is 4. The van der Waals surface area contributed by atoms with Crippen molar-refractivity contribution in [1.82, 2.24) is 10.2 Å². The maximum atomic E-state index is 12.9. The second-order valence-electron chi connectivity index (χ2n) is 7.06. The van der Waals surface area contributed by atoms with Crippen LogP contribution in [0.2, 0.25) is 0 Å². The second-order valence-corrected chi connectivity index (χ2v) is 7.06. The monoisotopic (exact) mass is 373 g/mol. The van der Waals surface area contributed by atoms with Gasteiger partial charge in [0.2, 0.25) is 5.91 Å². The number of nitrogens with one attached hydrogen (secondary N) is 3. The number of primary amides is 1. The van der Waals surface area contributed by atoms with Crippen molar-refractivity contribution in [2.75, 3.05) is 17.2 Å². The summed E-state index contributed by atoms with van der Waals surface area (Å²) < 4.78 is 0. The van der Waals surface area contributed by atoms with Crippen LogP contribution in [-0.2, 0) is 9.59 Å². The third kappa shape index (κ3) is 3.71. The predicted molar refractivity (Wildman–Crippen MR) is 98.9 cm³/mol. The van der Waals surface area contributed by atoms with Gasteiger partial charge >= 0.3 is 12.1 Å². The fraction of sp³-hybridized carbons (Fsp3) is 0.444. The summed E-state index contributed by atoms with van der Waals surface area (Å²) in [5, 5.41) is 7.84. The van der Waals surface area contributed by atoms with Gasteiger partial charge < -0.3 is 21.7 Å².